The van der Waals surface area contributed by atoms with E-state index < -0.39 is 35.0 Å². The molecule has 9 heteroatoms. The maximum Gasteiger partial charge on any atom is 0.418 e. The second-order valence-electron chi connectivity index (χ2n) is 5.65. The van der Waals surface area contributed by atoms with Gasteiger partial charge in [0.1, 0.15) is 23.0 Å². The second kappa shape index (κ2) is 7.63. The van der Waals surface area contributed by atoms with Crippen LogP contribution in [-0.4, -0.2) is 10.9 Å². The molecule has 2 aromatic carbocycles. The summed E-state index contributed by atoms with van der Waals surface area (Å²) in [6.45, 7) is 0. The SMILES string of the molecule is O=C(Nc1ccccc1C(F)(F)F)c1ccc(Nc2c(F)cccc2F)cn1. The standard InChI is InChI=1S/C19H12F5N3O/c20-13-5-3-6-14(21)17(13)26-11-8-9-16(25-10-11)18(28)27-15-7-2-1-4-12(15)19(22,23)24/h1-10,26H,(H,27,28). The molecule has 0 aliphatic heterocycles. The van der Waals surface area contributed by atoms with E-state index in [-0.39, 0.29) is 17.1 Å². The molecule has 0 fully saturated rings. The number of nitrogens with one attached hydrogen (secondary N) is 2. The van der Waals surface area contributed by atoms with Crippen LogP contribution in [0.4, 0.5) is 39.0 Å². The van der Waals surface area contributed by atoms with Crippen LogP contribution in [-0.2, 0) is 6.18 Å². The lowest BCUT2D eigenvalue weighted by molar-refractivity contribution is -0.136. The molecule has 0 radical (unpaired) electrons. The molecule has 0 saturated carbocycles. The fourth-order valence-electron chi connectivity index (χ4n) is 2.39. The minimum Gasteiger partial charge on any atom is -0.349 e. The molecular weight excluding hydrogens is 381 g/mol. The van der Waals surface area contributed by atoms with Gasteiger partial charge in [-0.2, -0.15) is 13.2 Å². The molecule has 0 atom stereocenters. The number of nitrogens with zero attached hydrogens (tertiary/aromatic N) is 1. The normalized spacial score (nSPS) is 11.2. The summed E-state index contributed by atoms with van der Waals surface area (Å²) < 4.78 is 66.3. The van der Waals surface area contributed by atoms with Gasteiger partial charge in [-0.25, -0.2) is 13.8 Å². The van der Waals surface area contributed by atoms with Crippen molar-refractivity contribution in [1.29, 1.82) is 0 Å². The van der Waals surface area contributed by atoms with Crippen molar-refractivity contribution in [3.8, 4) is 0 Å². The van der Waals surface area contributed by atoms with E-state index in [1.54, 1.807) is 0 Å². The highest BCUT2D eigenvalue weighted by molar-refractivity contribution is 6.03. The van der Waals surface area contributed by atoms with Gasteiger partial charge in [0.15, 0.2) is 0 Å². The molecule has 0 unspecified atom stereocenters. The summed E-state index contributed by atoms with van der Waals surface area (Å²) in [6.07, 6.45) is -3.49. The van der Waals surface area contributed by atoms with Crippen LogP contribution in [0, 0.1) is 11.6 Å². The molecule has 3 aromatic rings. The van der Waals surface area contributed by atoms with Gasteiger partial charge in [0.05, 0.1) is 23.1 Å². The van der Waals surface area contributed by atoms with Crippen LogP contribution >= 0.6 is 0 Å². The molecular formula is C19H12F5N3O. The summed E-state index contributed by atoms with van der Waals surface area (Å²) >= 11 is 0. The number of amides is 1. The molecule has 0 saturated heterocycles. The molecule has 0 spiro atoms. The summed E-state index contributed by atoms with van der Waals surface area (Å²) in [7, 11) is 0. The summed E-state index contributed by atoms with van der Waals surface area (Å²) in [5.41, 5.74) is -1.76. The number of aromatic nitrogens is 1. The second-order valence-corrected chi connectivity index (χ2v) is 5.65. The number of halogens is 5. The Morgan fingerprint density at radius 1 is 0.893 bits per heavy atom. The number of hydrogen-bond donors (Lipinski definition) is 2. The van der Waals surface area contributed by atoms with Gasteiger partial charge in [0.2, 0.25) is 0 Å². The van der Waals surface area contributed by atoms with Crippen molar-refractivity contribution >= 4 is 23.0 Å². The average molecular weight is 393 g/mol. The quantitative estimate of drug-likeness (QED) is 0.586. The van der Waals surface area contributed by atoms with Crippen LogP contribution in [0.1, 0.15) is 16.1 Å². The Kier molecular flexibility index (Phi) is 5.25. The summed E-state index contributed by atoms with van der Waals surface area (Å²) in [5, 5.41) is 4.65. The molecule has 1 heterocycles. The zero-order valence-electron chi connectivity index (χ0n) is 14.0. The first-order valence-corrected chi connectivity index (χ1v) is 7.90. The first-order chi connectivity index (χ1) is 13.3. The van der Waals surface area contributed by atoms with E-state index in [0.29, 0.717) is 0 Å². The molecule has 0 aliphatic carbocycles. The van der Waals surface area contributed by atoms with Gasteiger partial charge in [0.25, 0.3) is 5.91 Å². The van der Waals surface area contributed by atoms with Crippen molar-refractivity contribution in [2.24, 2.45) is 0 Å². The van der Waals surface area contributed by atoms with Gasteiger partial charge in [-0.05, 0) is 36.4 Å². The number of rotatable bonds is 4. The van der Waals surface area contributed by atoms with E-state index in [9.17, 15) is 26.7 Å². The van der Waals surface area contributed by atoms with Crippen LogP contribution in [0.2, 0.25) is 0 Å². The fourth-order valence-corrected chi connectivity index (χ4v) is 2.39. The van der Waals surface area contributed by atoms with E-state index in [1.807, 2.05) is 0 Å². The topological polar surface area (TPSA) is 54.0 Å². The molecule has 2 N–H and O–H groups in total. The van der Waals surface area contributed by atoms with Gasteiger partial charge in [0, 0.05) is 0 Å². The van der Waals surface area contributed by atoms with Crippen molar-refractivity contribution in [1.82, 2.24) is 4.98 Å². The van der Waals surface area contributed by atoms with E-state index >= 15 is 0 Å². The Balaban J connectivity index is 1.77. The Morgan fingerprint density at radius 3 is 2.18 bits per heavy atom. The number of alkyl halides is 3. The largest absolute Gasteiger partial charge is 0.418 e. The fraction of sp³-hybridized carbons (Fsp3) is 0.0526. The number of benzene rings is 2. The summed E-state index contributed by atoms with van der Waals surface area (Å²) in [4.78, 5) is 16.0. The number of pyridine rings is 1. The molecule has 1 aromatic heterocycles. The Hall–Kier alpha value is -3.49. The zero-order valence-corrected chi connectivity index (χ0v) is 14.0. The van der Waals surface area contributed by atoms with Gasteiger partial charge in [-0.3, -0.25) is 4.79 Å². The third-order valence-electron chi connectivity index (χ3n) is 3.71. The van der Waals surface area contributed by atoms with Crippen molar-refractivity contribution in [2.75, 3.05) is 10.6 Å². The van der Waals surface area contributed by atoms with Crippen LogP contribution in [0.15, 0.2) is 60.8 Å². The molecule has 4 nitrogen and oxygen atoms in total. The third-order valence-corrected chi connectivity index (χ3v) is 3.71. The maximum absolute atomic E-state index is 13.6. The molecule has 0 aliphatic rings. The van der Waals surface area contributed by atoms with Crippen molar-refractivity contribution in [3.63, 3.8) is 0 Å². The van der Waals surface area contributed by atoms with E-state index in [4.69, 9.17) is 0 Å². The lowest BCUT2D eigenvalue weighted by Crippen LogP contribution is -2.17. The van der Waals surface area contributed by atoms with Gasteiger partial charge in [-0.15, -0.1) is 0 Å². The predicted octanol–water partition coefficient (Wildman–Crippen LogP) is 5.37. The predicted molar refractivity (Wildman–Crippen MR) is 93.3 cm³/mol. The van der Waals surface area contributed by atoms with Crippen molar-refractivity contribution in [2.45, 2.75) is 6.18 Å². The highest BCUT2D eigenvalue weighted by Gasteiger charge is 2.33. The molecule has 3 rings (SSSR count). The lowest BCUT2D eigenvalue weighted by atomic mass is 10.1. The van der Waals surface area contributed by atoms with Gasteiger partial charge < -0.3 is 10.6 Å². The van der Waals surface area contributed by atoms with Crippen molar-refractivity contribution < 1.29 is 26.7 Å². The minimum absolute atomic E-state index is 0.170. The van der Waals surface area contributed by atoms with E-state index in [0.717, 1.165) is 30.5 Å². The maximum atomic E-state index is 13.6. The zero-order chi connectivity index (χ0) is 20.3. The van der Waals surface area contributed by atoms with Gasteiger partial charge in [-0.1, -0.05) is 18.2 Å². The first-order valence-electron chi connectivity index (χ1n) is 7.90. The van der Waals surface area contributed by atoms with Gasteiger partial charge >= 0.3 is 6.18 Å². The van der Waals surface area contributed by atoms with Crippen LogP contribution < -0.4 is 10.6 Å². The van der Waals surface area contributed by atoms with Crippen molar-refractivity contribution in [3.05, 3.63) is 83.7 Å². The van der Waals surface area contributed by atoms with E-state index in [2.05, 4.69) is 15.6 Å². The minimum atomic E-state index is -4.63. The third kappa shape index (κ3) is 4.25. The molecule has 144 valence electrons. The summed E-state index contributed by atoms with van der Waals surface area (Å²) in [6, 6.07) is 10.4. The highest BCUT2D eigenvalue weighted by Crippen LogP contribution is 2.34. The lowest BCUT2D eigenvalue weighted by Gasteiger charge is -2.13. The Morgan fingerprint density at radius 2 is 1.57 bits per heavy atom. The van der Waals surface area contributed by atoms with Crippen LogP contribution in [0.5, 0.6) is 0 Å². The van der Waals surface area contributed by atoms with E-state index in [1.165, 1.54) is 30.3 Å². The van der Waals surface area contributed by atoms with Crippen LogP contribution in [0.25, 0.3) is 0 Å². The Bertz CT molecular complexity index is 983. The average Bonchev–Trinajstić information content (AvgIpc) is 2.65. The monoisotopic (exact) mass is 393 g/mol. The number of para-hydroxylation sites is 2. The molecule has 0 bridgehead atoms. The Labute approximate surface area is 156 Å². The molecule has 28 heavy (non-hydrogen) atoms. The number of carbonyl (C=O) groups excluding carboxylic acids is 1. The number of carbonyl (C=O) groups is 1. The number of hydrogen-bond acceptors (Lipinski definition) is 3. The highest BCUT2D eigenvalue weighted by atomic mass is 19.4. The number of anilines is 3. The molecule has 1 amide bonds. The summed E-state index contributed by atoms with van der Waals surface area (Å²) in [5.74, 6) is -2.49. The first kappa shape index (κ1) is 19.3. The van der Waals surface area contributed by atoms with Crippen LogP contribution in [0.3, 0.4) is 0 Å². The smallest absolute Gasteiger partial charge is 0.349 e.